The minimum atomic E-state index is -0.452. The van der Waals surface area contributed by atoms with E-state index in [0.29, 0.717) is 35.9 Å². The normalized spacial score (nSPS) is 11.0. The molecule has 0 unspecified atom stereocenters. The van der Waals surface area contributed by atoms with E-state index in [-0.39, 0.29) is 29.2 Å². The lowest BCUT2D eigenvalue weighted by Gasteiger charge is -2.14. The van der Waals surface area contributed by atoms with Gasteiger partial charge in [0.25, 0.3) is 0 Å². The summed E-state index contributed by atoms with van der Waals surface area (Å²) in [6, 6.07) is 11.2. The van der Waals surface area contributed by atoms with Gasteiger partial charge in [0, 0.05) is 45.3 Å². The quantitative estimate of drug-likeness (QED) is 0.0887. The highest BCUT2D eigenvalue weighted by Crippen LogP contribution is 2.26. The molecule has 0 aliphatic heterocycles. The molecule has 2 aromatic carbocycles. The van der Waals surface area contributed by atoms with E-state index in [4.69, 9.17) is 0 Å². The largest absolute Gasteiger partial charge is 0.508 e. The maximum absolute atomic E-state index is 12.7. The summed E-state index contributed by atoms with van der Waals surface area (Å²) in [5.41, 5.74) is 3.42. The van der Waals surface area contributed by atoms with Crippen molar-refractivity contribution in [1.82, 2.24) is 9.97 Å². The van der Waals surface area contributed by atoms with Gasteiger partial charge >= 0.3 is 6.03 Å². The zero-order valence-electron chi connectivity index (χ0n) is 23.1. The lowest BCUT2D eigenvalue weighted by Crippen LogP contribution is -2.19. The molecule has 12 heteroatoms. The van der Waals surface area contributed by atoms with Gasteiger partial charge in [-0.05, 0) is 42.5 Å². The number of thiazole rings is 2. The van der Waals surface area contributed by atoms with E-state index < -0.39 is 6.03 Å². The number of Topliss-reactive ketones (excluding diaryl/α,β-unsaturated/α-hetero) is 2. The molecular formula is C29H32N6O4S2. The summed E-state index contributed by atoms with van der Waals surface area (Å²) in [4.78, 5) is 46.1. The smallest absolute Gasteiger partial charge is 0.323 e. The Morgan fingerprint density at radius 2 is 1.15 bits per heavy atom. The van der Waals surface area contributed by atoms with E-state index in [0.717, 1.165) is 21.4 Å². The summed E-state index contributed by atoms with van der Waals surface area (Å²) in [5.74, 6) is -0.137. The van der Waals surface area contributed by atoms with E-state index in [2.05, 4.69) is 31.2 Å². The number of rotatable bonds is 12. The number of anilines is 4. The van der Waals surface area contributed by atoms with Gasteiger partial charge in [0.2, 0.25) is 0 Å². The number of aromatic nitrogens is 2. The highest BCUT2D eigenvalue weighted by molar-refractivity contribution is 7.10. The van der Waals surface area contributed by atoms with Crippen molar-refractivity contribution in [3.8, 4) is 5.75 Å². The van der Waals surface area contributed by atoms with Gasteiger partial charge in [-0.25, -0.2) is 14.8 Å². The number of phenols is 1. The molecule has 10 nitrogen and oxygen atoms in total. The van der Waals surface area contributed by atoms with E-state index in [1.807, 2.05) is 33.8 Å². The molecule has 4 aromatic rings. The van der Waals surface area contributed by atoms with Crippen molar-refractivity contribution in [3.63, 3.8) is 0 Å². The second kappa shape index (κ2) is 13.4. The summed E-state index contributed by atoms with van der Waals surface area (Å²) in [6.45, 7) is 8.17. The summed E-state index contributed by atoms with van der Waals surface area (Å²) >= 11 is 2.82. The summed E-state index contributed by atoms with van der Waals surface area (Å²) < 4.78 is 0. The Kier molecular flexibility index (Phi) is 9.69. The highest BCUT2D eigenvalue weighted by atomic mass is 32.1. The first-order valence-electron chi connectivity index (χ1n) is 13.0. The van der Waals surface area contributed by atoms with Gasteiger partial charge in [-0.2, -0.15) is 0 Å². The lowest BCUT2D eigenvalue weighted by atomic mass is 10.1. The zero-order chi connectivity index (χ0) is 29.5. The predicted octanol–water partition coefficient (Wildman–Crippen LogP) is 6.85. The SMILES string of the molecule is CC(C)C(=O)c1csc(CNc2cc(NCc3nc(C(=O)C(C)C)cs3)cc(NC(=O)Nc3ccc(O)cc3)c2)n1. The number of hydrogen-bond acceptors (Lipinski definition) is 10. The van der Waals surface area contributed by atoms with Crippen LogP contribution in [0.5, 0.6) is 5.75 Å². The first-order valence-corrected chi connectivity index (χ1v) is 14.8. The molecule has 0 fully saturated rings. The van der Waals surface area contributed by atoms with Crippen molar-refractivity contribution < 1.29 is 19.5 Å². The Labute approximate surface area is 246 Å². The van der Waals surface area contributed by atoms with Crippen LogP contribution in [0, 0.1) is 11.8 Å². The van der Waals surface area contributed by atoms with Crippen molar-refractivity contribution in [2.24, 2.45) is 11.8 Å². The van der Waals surface area contributed by atoms with Gasteiger partial charge in [-0.1, -0.05) is 27.7 Å². The van der Waals surface area contributed by atoms with Gasteiger partial charge in [-0.15, -0.1) is 22.7 Å². The standard InChI is InChI=1S/C29H32N6O4S2/c1-16(2)27(37)23-14-40-25(34-23)12-30-19-9-20(31-13-26-35-24(15-41-26)28(38)17(3)4)11-21(10-19)33-29(39)32-18-5-7-22(36)8-6-18/h5-11,14-17,30-31,36H,12-13H2,1-4H3,(H2,32,33,39). The fourth-order valence-electron chi connectivity index (χ4n) is 3.70. The minimum Gasteiger partial charge on any atom is -0.508 e. The first kappa shape index (κ1) is 29.7. The zero-order valence-corrected chi connectivity index (χ0v) is 24.8. The molecule has 0 atom stereocenters. The van der Waals surface area contributed by atoms with Gasteiger partial charge in [0.05, 0.1) is 13.1 Å². The molecule has 2 aromatic heterocycles. The number of aromatic hydroxyl groups is 1. The molecule has 0 spiro atoms. The molecule has 0 aliphatic carbocycles. The van der Waals surface area contributed by atoms with E-state index in [1.165, 1.54) is 34.8 Å². The average Bonchev–Trinajstić information content (AvgIpc) is 3.61. The van der Waals surface area contributed by atoms with Crippen LogP contribution in [-0.4, -0.2) is 32.7 Å². The molecule has 0 saturated carbocycles. The van der Waals surface area contributed by atoms with Crippen LogP contribution in [0.25, 0.3) is 0 Å². The van der Waals surface area contributed by atoms with Gasteiger partial charge in [-0.3, -0.25) is 9.59 Å². The summed E-state index contributed by atoms with van der Waals surface area (Å²) in [6.07, 6.45) is 0. The van der Waals surface area contributed by atoms with Crippen LogP contribution >= 0.6 is 22.7 Å². The maximum Gasteiger partial charge on any atom is 0.323 e. The molecular weight excluding hydrogens is 560 g/mol. The third-order valence-corrected chi connectivity index (χ3v) is 7.56. The van der Waals surface area contributed by atoms with E-state index in [9.17, 15) is 19.5 Å². The van der Waals surface area contributed by atoms with Crippen molar-refractivity contribution in [3.05, 3.63) is 74.6 Å². The minimum absolute atomic E-state index is 0.00487. The molecule has 2 heterocycles. The van der Waals surface area contributed by atoms with Crippen LogP contribution in [0.4, 0.5) is 27.5 Å². The van der Waals surface area contributed by atoms with Gasteiger partial charge in [0.1, 0.15) is 27.2 Å². The number of amides is 2. The Bertz CT molecular complexity index is 1450. The molecule has 41 heavy (non-hydrogen) atoms. The number of ketones is 2. The predicted molar refractivity (Wildman–Crippen MR) is 164 cm³/mol. The lowest BCUT2D eigenvalue weighted by molar-refractivity contribution is 0.0928. The van der Waals surface area contributed by atoms with Crippen LogP contribution in [0.3, 0.4) is 0 Å². The van der Waals surface area contributed by atoms with Crippen LogP contribution < -0.4 is 21.3 Å². The second-order valence-corrected chi connectivity index (χ2v) is 11.8. The number of carbonyl (C=O) groups excluding carboxylic acids is 3. The highest BCUT2D eigenvalue weighted by Gasteiger charge is 2.16. The number of urea groups is 1. The Hall–Kier alpha value is -4.29. The third-order valence-electron chi connectivity index (χ3n) is 5.86. The molecule has 0 aliphatic rings. The number of carbonyl (C=O) groups is 3. The fourth-order valence-corrected chi connectivity index (χ4v) is 5.15. The van der Waals surface area contributed by atoms with Crippen molar-refractivity contribution >= 4 is 63.0 Å². The maximum atomic E-state index is 12.7. The van der Waals surface area contributed by atoms with Crippen LogP contribution in [0.15, 0.2) is 53.2 Å². The number of nitrogens with one attached hydrogen (secondary N) is 4. The Balaban J connectivity index is 1.48. The van der Waals surface area contributed by atoms with E-state index >= 15 is 0 Å². The topological polar surface area (TPSA) is 145 Å². The second-order valence-electron chi connectivity index (χ2n) is 9.92. The van der Waals surface area contributed by atoms with Gasteiger partial charge in [0.15, 0.2) is 11.6 Å². The number of phenolic OH excluding ortho intramolecular Hbond substituents is 1. The van der Waals surface area contributed by atoms with Crippen molar-refractivity contribution in [2.45, 2.75) is 40.8 Å². The summed E-state index contributed by atoms with van der Waals surface area (Å²) in [7, 11) is 0. The first-order chi connectivity index (χ1) is 19.6. The van der Waals surface area contributed by atoms with Crippen LogP contribution in [-0.2, 0) is 13.1 Å². The number of benzene rings is 2. The molecule has 0 saturated heterocycles. The molecule has 0 radical (unpaired) electrons. The molecule has 2 amide bonds. The average molecular weight is 593 g/mol. The Morgan fingerprint density at radius 3 is 1.61 bits per heavy atom. The number of nitrogens with zero attached hydrogens (tertiary/aromatic N) is 2. The molecule has 0 bridgehead atoms. The third kappa shape index (κ3) is 8.35. The van der Waals surface area contributed by atoms with Crippen LogP contribution in [0.1, 0.15) is 58.7 Å². The Morgan fingerprint density at radius 1 is 0.707 bits per heavy atom. The van der Waals surface area contributed by atoms with E-state index in [1.54, 1.807) is 35.0 Å². The fraction of sp³-hybridized carbons (Fsp3) is 0.276. The summed E-state index contributed by atoms with van der Waals surface area (Å²) in [5, 5.41) is 26.7. The molecule has 4 rings (SSSR count). The van der Waals surface area contributed by atoms with Crippen LogP contribution in [0.2, 0.25) is 0 Å². The monoisotopic (exact) mass is 592 g/mol. The van der Waals surface area contributed by atoms with Crippen molar-refractivity contribution in [1.29, 1.82) is 0 Å². The molecule has 214 valence electrons. The van der Waals surface area contributed by atoms with Gasteiger partial charge < -0.3 is 26.4 Å². The molecule has 5 N–H and O–H groups in total. The van der Waals surface area contributed by atoms with Crippen molar-refractivity contribution in [2.75, 3.05) is 21.3 Å². The number of hydrogen-bond donors (Lipinski definition) is 5.